The van der Waals surface area contributed by atoms with Crippen LogP contribution in [0.3, 0.4) is 0 Å². The monoisotopic (exact) mass is 401 g/mol. The van der Waals surface area contributed by atoms with Gasteiger partial charge in [0.05, 0.1) is 11.7 Å². The van der Waals surface area contributed by atoms with Crippen LogP contribution in [0.2, 0.25) is 0 Å². The third-order valence-corrected chi connectivity index (χ3v) is 4.64. The number of halogens is 1. The van der Waals surface area contributed by atoms with Crippen molar-refractivity contribution in [1.29, 1.82) is 0 Å². The fraction of sp³-hybridized carbons (Fsp3) is 0.364. The van der Waals surface area contributed by atoms with Gasteiger partial charge in [-0.2, -0.15) is 0 Å². The molecule has 2 aromatic rings. The molecule has 1 heterocycles. The smallest absolute Gasteiger partial charge is 0.338 e. The second-order valence-corrected chi connectivity index (χ2v) is 6.97. The Bertz CT molecular complexity index is 862. The fourth-order valence-electron chi connectivity index (χ4n) is 2.85. The van der Waals surface area contributed by atoms with Gasteiger partial charge in [-0.3, -0.25) is 4.79 Å². The molecule has 3 rings (SSSR count). The van der Waals surface area contributed by atoms with Gasteiger partial charge in [0.2, 0.25) is 0 Å². The minimum Gasteiger partial charge on any atom is -0.491 e. The number of benzene rings is 2. The molecule has 2 aromatic carbocycles. The summed E-state index contributed by atoms with van der Waals surface area (Å²) in [6.07, 6.45) is 1.10. The lowest BCUT2D eigenvalue weighted by atomic mass is 10.2. The van der Waals surface area contributed by atoms with Gasteiger partial charge in [0.25, 0.3) is 5.91 Å². The summed E-state index contributed by atoms with van der Waals surface area (Å²) >= 11 is 0. The summed E-state index contributed by atoms with van der Waals surface area (Å²) in [5.74, 6) is -0.968. The highest BCUT2D eigenvalue weighted by molar-refractivity contribution is 5.97. The molecule has 2 atom stereocenters. The van der Waals surface area contributed by atoms with E-state index in [-0.39, 0.29) is 6.10 Å². The normalized spacial score (nSPS) is 16.9. The zero-order chi connectivity index (χ0) is 20.8. The molecule has 0 aliphatic carbocycles. The SMILES string of the molecule is Cc1ccc(NC(=O)[C@@H](C)OC(=O)c2ccc(OC[C@H]3CCCO3)cc2)cc1F. The van der Waals surface area contributed by atoms with Gasteiger partial charge in [-0.15, -0.1) is 0 Å². The van der Waals surface area contributed by atoms with Crippen molar-refractivity contribution in [2.75, 3.05) is 18.5 Å². The molecule has 0 saturated carbocycles. The van der Waals surface area contributed by atoms with Gasteiger partial charge >= 0.3 is 5.97 Å². The van der Waals surface area contributed by atoms with Gasteiger partial charge in [-0.05, 0) is 68.7 Å². The molecule has 29 heavy (non-hydrogen) atoms. The number of hydrogen-bond acceptors (Lipinski definition) is 5. The first-order chi connectivity index (χ1) is 13.9. The maximum atomic E-state index is 13.6. The predicted octanol–water partition coefficient (Wildman–Crippen LogP) is 3.88. The number of amides is 1. The van der Waals surface area contributed by atoms with Crippen LogP contribution in [0, 0.1) is 12.7 Å². The summed E-state index contributed by atoms with van der Waals surface area (Å²) in [5, 5.41) is 2.53. The van der Waals surface area contributed by atoms with Crippen LogP contribution in [0.4, 0.5) is 10.1 Å². The molecular weight excluding hydrogens is 377 g/mol. The first-order valence-corrected chi connectivity index (χ1v) is 9.55. The van der Waals surface area contributed by atoms with Gasteiger partial charge in [-0.1, -0.05) is 6.07 Å². The molecule has 154 valence electrons. The van der Waals surface area contributed by atoms with Gasteiger partial charge in [-0.25, -0.2) is 9.18 Å². The van der Waals surface area contributed by atoms with E-state index in [0.29, 0.717) is 29.2 Å². The lowest BCUT2D eigenvalue weighted by Gasteiger charge is -2.14. The summed E-state index contributed by atoms with van der Waals surface area (Å²) in [4.78, 5) is 24.5. The maximum Gasteiger partial charge on any atom is 0.338 e. The highest BCUT2D eigenvalue weighted by Crippen LogP contribution is 2.18. The summed E-state index contributed by atoms with van der Waals surface area (Å²) in [6.45, 7) is 4.32. The predicted molar refractivity (Wildman–Crippen MR) is 106 cm³/mol. The van der Waals surface area contributed by atoms with Crippen LogP contribution in [-0.4, -0.2) is 37.3 Å². The Balaban J connectivity index is 1.50. The Kier molecular flexibility index (Phi) is 6.82. The number of hydrogen-bond donors (Lipinski definition) is 1. The first-order valence-electron chi connectivity index (χ1n) is 9.55. The van der Waals surface area contributed by atoms with Crippen molar-refractivity contribution in [2.45, 2.75) is 38.9 Å². The average molecular weight is 401 g/mol. The van der Waals surface area contributed by atoms with Crippen molar-refractivity contribution in [3.8, 4) is 5.75 Å². The van der Waals surface area contributed by atoms with Crippen molar-refractivity contribution in [3.05, 3.63) is 59.4 Å². The summed E-state index contributed by atoms with van der Waals surface area (Å²) in [5.41, 5.74) is 1.08. The van der Waals surface area contributed by atoms with E-state index >= 15 is 0 Å². The number of aryl methyl sites for hydroxylation is 1. The topological polar surface area (TPSA) is 73.9 Å². The maximum absolute atomic E-state index is 13.6. The molecule has 0 spiro atoms. The average Bonchev–Trinajstić information content (AvgIpc) is 3.23. The highest BCUT2D eigenvalue weighted by atomic mass is 19.1. The van der Waals surface area contributed by atoms with E-state index in [4.69, 9.17) is 14.2 Å². The standard InChI is InChI=1S/C22H24FNO5/c1-14-5-8-17(12-20(14)23)24-21(25)15(2)29-22(26)16-6-9-18(10-7-16)28-13-19-4-3-11-27-19/h5-10,12,15,19H,3-4,11,13H2,1-2H3,(H,24,25)/t15-,19-/m1/s1. The molecule has 0 bridgehead atoms. The molecule has 0 radical (unpaired) electrons. The van der Waals surface area contributed by atoms with Crippen LogP contribution in [0.15, 0.2) is 42.5 Å². The van der Waals surface area contributed by atoms with Gasteiger partial charge < -0.3 is 19.5 Å². The third-order valence-electron chi connectivity index (χ3n) is 4.64. The van der Waals surface area contributed by atoms with Gasteiger partial charge in [0.1, 0.15) is 18.2 Å². The van der Waals surface area contributed by atoms with Crippen LogP contribution in [-0.2, 0) is 14.3 Å². The van der Waals surface area contributed by atoms with Crippen LogP contribution in [0.25, 0.3) is 0 Å². The van der Waals surface area contributed by atoms with E-state index in [2.05, 4.69) is 5.32 Å². The van der Waals surface area contributed by atoms with E-state index < -0.39 is 23.8 Å². The van der Waals surface area contributed by atoms with Crippen molar-refractivity contribution >= 4 is 17.6 Å². The third kappa shape index (κ3) is 5.77. The summed E-state index contributed by atoms with van der Waals surface area (Å²) < 4.78 is 29.9. The van der Waals surface area contributed by atoms with E-state index in [1.54, 1.807) is 43.3 Å². The Morgan fingerprint density at radius 1 is 1.24 bits per heavy atom. The number of nitrogens with one attached hydrogen (secondary N) is 1. The Morgan fingerprint density at radius 3 is 2.66 bits per heavy atom. The van der Waals surface area contributed by atoms with Crippen molar-refractivity contribution in [3.63, 3.8) is 0 Å². The molecule has 1 aliphatic rings. The zero-order valence-corrected chi connectivity index (χ0v) is 16.4. The lowest BCUT2D eigenvalue weighted by Crippen LogP contribution is -2.30. The molecule has 1 fully saturated rings. The number of rotatable bonds is 7. The highest BCUT2D eigenvalue weighted by Gasteiger charge is 2.20. The molecule has 1 saturated heterocycles. The van der Waals surface area contributed by atoms with E-state index in [1.165, 1.54) is 13.0 Å². The molecule has 7 heteroatoms. The van der Waals surface area contributed by atoms with Crippen LogP contribution in [0.5, 0.6) is 5.75 Å². The van der Waals surface area contributed by atoms with Crippen molar-refractivity contribution in [1.82, 2.24) is 0 Å². The summed E-state index contributed by atoms with van der Waals surface area (Å²) in [7, 11) is 0. The molecule has 1 N–H and O–H groups in total. The molecular formula is C22H24FNO5. The van der Waals surface area contributed by atoms with Crippen molar-refractivity contribution in [2.24, 2.45) is 0 Å². The van der Waals surface area contributed by atoms with E-state index in [1.807, 2.05) is 0 Å². The molecule has 0 unspecified atom stereocenters. The number of anilines is 1. The lowest BCUT2D eigenvalue weighted by molar-refractivity contribution is -0.123. The minimum atomic E-state index is -1.04. The van der Waals surface area contributed by atoms with Crippen LogP contribution >= 0.6 is 0 Å². The number of esters is 1. The number of carbonyl (C=O) groups excluding carboxylic acids is 2. The van der Waals surface area contributed by atoms with E-state index in [0.717, 1.165) is 19.4 Å². The quantitative estimate of drug-likeness (QED) is 0.713. The number of ether oxygens (including phenoxy) is 3. The van der Waals surface area contributed by atoms with E-state index in [9.17, 15) is 14.0 Å². The molecule has 1 aliphatic heterocycles. The Hall–Kier alpha value is -2.93. The van der Waals surface area contributed by atoms with Crippen LogP contribution in [0.1, 0.15) is 35.7 Å². The zero-order valence-electron chi connectivity index (χ0n) is 16.4. The Morgan fingerprint density at radius 2 is 2.00 bits per heavy atom. The Labute approximate surface area is 169 Å². The molecule has 1 amide bonds. The van der Waals surface area contributed by atoms with Crippen LogP contribution < -0.4 is 10.1 Å². The first kappa shape index (κ1) is 20.8. The molecule has 0 aromatic heterocycles. The van der Waals surface area contributed by atoms with Gasteiger partial charge in [0, 0.05) is 12.3 Å². The largest absolute Gasteiger partial charge is 0.491 e. The van der Waals surface area contributed by atoms with Gasteiger partial charge in [0.15, 0.2) is 6.10 Å². The molecule has 6 nitrogen and oxygen atoms in total. The van der Waals surface area contributed by atoms with Crippen molar-refractivity contribution < 1.29 is 28.2 Å². The second kappa shape index (κ2) is 9.52. The fourth-order valence-corrected chi connectivity index (χ4v) is 2.85. The number of carbonyl (C=O) groups is 2. The summed E-state index contributed by atoms with van der Waals surface area (Å²) in [6, 6.07) is 10.9. The minimum absolute atomic E-state index is 0.112. The second-order valence-electron chi connectivity index (χ2n) is 6.97.